The van der Waals surface area contributed by atoms with Crippen LogP contribution in [0.3, 0.4) is 0 Å². The van der Waals surface area contributed by atoms with Crippen LogP contribution in [0.15, 0.2) is 261 Å². The van der Waals surface area contributed by atoms with Crippen molar-refractivity contribution in [3.63, 3.8) is 0 Å². The van der Waals surface area contributed by atoms with Crippen molar-refractivity contribution in [2.45, 2.75) is 19.3 Å². The Labute approximate surface area is 438 Å². The zero-order chi connectivity index (χ0) is 49.8. The molecule has 12 aromatic rings. The molecule has 352 valence electrons. The molecule has 15 rings (SSSR count). The molecule has 11 aromatic carbocycles. The van der Waals surface area contributed by atoms with Gasteiger partial charge in [0.25, 0.3) is 0 Å². The zero-order valence-corrected chi connectivity index (χ0v) is 41.7. The molecule has 1 aliphatic carbocycles. The molecule has 0 spiro atoms. The van der Waals surface area contributed by atoms with Crippen LogP contribution in [0.5, 0.6) is 0 Å². The minimum atomic E-state index is -0.0437. The Morgan fingerprint density at radius 3 is 1.48 bits per heavy atom. The molecule has 0 atom stereocenters. The van der Waals surface area contributed by atoms with Gasteiger partial charge in [0.15, 0.2) is 0 Å². The van der Waals surface area contributed by atoms with Gasteiger partial charge in [-0.2, -0.15) is 0 Å². The second-order valence-corrected chi connectivity index (χ2v) is 20.7. The molecular formula is C72H49N3. The number of nitrogens with zero attached hydrogens (tertiary/aromatic N) is 3. The first-order valence-corrected chi connectivity index (χ1v) is 26.0. The van der Waals surface area contributed by atoms with E-state index < -0.39 is 0 Å². The minimum absolute atomic E-state index is 0.0437. The van der Waals surface area contributed by atoms with Gasteiger partial charge in [-0.1, -0.05) is 202 Å². The summed E-state index contributed by atoms with van der Waals surface area (Å²) in [6.45, 7) is 4.70. The summed E-state index contributed by atoms with van der Waals surface area (Å²) >= 11 is 0. The van der Waals surface area contributed by atoms with Gasteiger partial charge in [-0.3, -0.25) is 4.98 Å². The Morgan fingerprint density at radius 1 is 0.280 bits per heavy atom. The van der Waals surface area contributed by atoms with Gasteiger partial charge < -0.3 is 9.80 Å². The van der Waals surface area contributed by atoms with Crippen LogP contribution in [0, 0.1) is 0 Å². The van der Waals surface area contributed by atoms with Gasteiger partial charge >= 0.3 is 0 Å². The zero-order valence-electron chi connectivity index (χ0n) is 41.7. The van der Waals surface area contributed by atoms with Crippen LogP contribution in [-0.2, 0) is 5.41 Å². The monoisotopic (exact) mass is 955 g/mol. The molecule has 0 amide bonds. The molecule has 0 radical (unpaired) electrons. The number of fused-ring (bicyclic) bond motifs is 14. The molecule has 0 N–H and O–H groups in total. The first-order chi connectivity index (χ1) is 37.0. The summed E-state index contributed by atoms with van der Waals surface area (Å²) in [4.78, 5) is 9.74. The summed E-state index contributed by atoms with van der Waals surface area (Å²) in [5.41, 5.74) is 29.7. The SMILES string of the molecule is CC1(C)c2ccccc2-c2cc(-c3cccc(N4c5ccccc5-c5ccccc5-c5cc(-c6ccc7c(c6)N(c6ccc(-c8cccc9cccnc89)cc6)c6ccccc6-c6ccccc6-7)ccc54)c3)ccc21. The number of rotatable bonds is 5. The van der Waals surface area contributed by atoms with Gasteiger partial charge in [-0.05, 0) is 139 Å². The molecule has 75 heavy (non-hydrogen) atoms. The van der Waals surface area contributed by atoms with Crippen molar-refractivity contribution < 1.29 is 0 Å². The molecular weight excluding hydrogens is 907 g/mol. The highest BCUT2D eigenvalue weighted by Gasteiger charge is 2.35. The Morgan fingerprint density at radius 2 is 0.760 bits per heavy atom. The third-order valence-corrected chi connectivity index (χ3v) is 16.2. The molecule has 0 unspecified atom stereocenters. The molecule has 3 aliphatic rings. The normalized spacial score (nSPS) is 13.3. The first kappa shape index (κ1) is 43.1. The van der Waals surface area contributed by atoms with Crippen molar-refractivity contribution in [2.75, 3.05) is 9.80 Å². The van der Waals surface area contributed by atoms with E-state index in [2.05, 4.69) is 272 Å². The maximum Gasteiger partial charge on any atom is 0.0780 e. The third kappa shape index (κ3) is 6.71. The molecule has 3 nitrogen and oxygen atoms in total. The van der Waals surface area contributed by atoms with Crippen molar-refractivity contribution in [3.05, 3.63) is 272 Å². The lowest BCUT2D eigenvalue weighted by atomic mass is 9.82. The Hall–Kier alpha value is -9.57. The number of anilines is 6. The molecule has 3 heterocycles. The lowest BCUT2D eigenvalue weighted by Crippen LogP contribution is -2.14. The van der Waals surface area contributed by atoms with E-state index in [-0.39, 0.29) is 5.41 Å². The molecule has 1 aromatic heterocycles. The number of benzene rings is 11. The molecule has 2 aliphatic heterocycles. The number of para-hydroxylation sites is 3. The number of hydrogen-bond donors (Lipinski definition) is 0. The van der Waals surface area contributed by atoms with Crippen molar-refractivity contribution in [1.29, 1.82) is 0 Å². The average Bonchev–Trinajstić information content (AvgIpc) is 3.58. The van der Waals surface area contributed by atoms with Gasteiger partial charge in [0.2, 0.25) is 0 Å². The van der Waals surface area contributed by atoms with Crippen LogP contribution in [0.25, 0.3) is 99.9 Å². The predicted octanol–water partition coefficient (Wildman–Crippen LogP) is 19.8. The topological polar surface area (TPSA) is 19.4 Å². The maximum atomic E-state index is 4.80. The second kappa shape index (κ2) is 16.7. The summed E-state index contributed by atoms with van der Waals surface area (Å²) in [6, 6.07) is 94.4. The van der Waals surface area contributed by atoms with Crippen LogP contribution in [-0.4, -0.2) is 4.98 Å². The van der Waals surface area contributed by atoms with E-state index >= 15 is 0 Å². The summed E-state index contributed by atoms with van der Waals surface area (Å²) in [6.07, 6.45) is 1.88. The van der Waals surface area contributed by atoms with E-state index in [1.165, 1.54) is 77.9 Å². The van der Waals surface area contributed by atoms with E-state index in [0.717, 1.165) is 67.3 Å². The standard InChI is InChI=1S/C72H49N3/c1-72(2)65-28-10-7-24-59(65)63-43-49(34-39-66(63)72)48-17-13-19-53(42-48)75-68-30-12-9-26-61(68)57-22-5-6-23-58(57)64-44-50(35-40-69(64)75)51-33-38-62-56-21-4-3-20-55(56)60-25-8-11-29-67(60)74(70(62)45-51)52-36-31-46(32-37-52)54-27-14-16-47-18-15-41-73-71(47)54/h3-45H,1-2H3. The fourth-order valence-corrected chi connectivity index (χ4v) is 12.6. The van der Waals surface area contributed by atoms with E-state index in [4.69, 9.17) is 4.98 Å². The second-order valence-electron chi connectivity index (χ2n) is 20.7. The van der Waals surface area contributed by atoms with Crippen LogP contribution in [0.1, 0.15) is 25.0 Å². The molecule has 0 saturated heterocycles. The molecule has 0 fully saturated rings. The van der Waals surface area contributed by atoms with E-state index in [1.807, 2.05) is 12.3 Å². The largest absolute Gasteiger partial charge is 0.309 e. The Bertz CT molecular complexity index is 4290. The number of aromatic nitrogens is 1. The lowest BCUT2D eigenvalue weighted by Gasteiger charge is -2.29. The minimum Gasteiger partial charge on any atom is -0.309 e. The van der Waals surface area contributed by atoms with Crippen molar-refractivity contribution >= 4 is 45.0 Å². The quantitative estimate of drug-likeness (QED) is 0.171. The Kier molecular flexibility index (Phi) is 9.61. The van der Waals surface area contributed by atoms with Crippen molar-refractivity contribution in [2.24, 2.45) is 0 Å². The number of pyridine rings is 1. The highest BCUT2D eigenvalue weighted by Crippen LogP contribution is 2.55. The third-order valence-electron chi connectivity index (χ3n) is 16.2. The van der Waals surface area contributed by atoms with Crippen LogP contribution in [0.2, 0.25) is 0 Å². The lowest BCUT2D eigenvalue weighted by molar-refractivity contribution is 0.660. The van der Waals surface area contributed by atoms with E-state index in [9.17, 15) is 0 Å². The highest BCUT2D eigenvalue weighted by atomic mass is 15.2. The van der Waals surface area contributed by atoms with E-state index in [0.29, 0.717) is 0 Å². The van der Waals surface area contributed by atoms with Crippen LogP contribution >= 0.6 is 0 Å². The molecule has 3 heteroatoms. The first-order valence-electron chi connectivity index (χ1n) is 26.0. The van der Waals surface area contributed by atoms with Crippen LogP contribution in [0.4, 0.5) is 34.1 Å². The average molecular weight is 956 g/mol. The molecule has 0 saturated carbocycles. The van der Waals surface area contributed by atoms with Crippen molar-refractivity contribution in [1.82, 2.24) is 4.98 Å². The van der Waals surface area contributed by atoms with Gasteiger partial charge in [0.1, 0.15) is 0 Å². The fraction of sp³-hybridized carbons (Fsp3) is 0.0417. The maximum absolute atomic E-state index is 4.80. The van der Waals surface area contributed by atoms with Gasteiger partial charge in [-0.15, -0.1) is 0 Å². The molecule has 0 bridgehead atoms. The van der Waals surface area contributed by atoms with Crippen molar-refractivity contribution in [3.8, 4) is 89.0 Å². The van der Waals surface area contributed by atoms with E-state index in [1.54, 1.807) is 0 Å². The fourth-order valence-electron chi connectivity index (χ4n) is 12.6. The summed E-state index contributed by atoms with van der Waals surface area (Å²) < 4.78 is 0. The number of hydrogen-bond acceptors (Lipinski definition) is 3. The van der Waals surface area contributed by atoms with Gasteiger partial charge in [-0.25, -0.2) is 0 Å². The predicted molar refractivity (Wildman–Crippen MR) is 314 cm³/mol. The summed E-state index contributed by atoms with van der Waals surface area (Å²) in [5, 5.41) is 1.13. The summed E-state index contributed by atoms with van der Waals surface area (Å²) in [5.74, 6) is 0. The highest BCUT2D eigenvalue weighted by molar-refractivity contribution is 6.06. The summed E-state index contributed by atoms with van der Waals surface area (Å²) in [7, 11) is 0. The van der Waals surface area contributed by atoms with Crippen LogP contribution < -0.4 is 9.80 Å². The van der Waals surface area contributed by atoms with Gasteiger partial charge in [0.05, 0.1) is 28.3 Å². The Balaban J connectivity index is 0.884. The smallest absolute Gasteiger partial charge is 0.0780 e. The van der Waals surface area contributed by atoms with Gasteiger partial charge in [0, 0.05) is 56.2 Å².